The zero-order valence-electron chi connectivity index (χ0n) is 16.1. The van der Waals surface area contributed by atoms with Crippen LogP contribution in [0.3, 0.4) is 0 Å². The van der Waals surface area contributed by atoms with Crippen LogP contribution in [0.25, 0.3) is 10.8 Å². The Hall–Kier alpha value is -3.22. The molecule has 1 aliphatic rings. The Kier molecular flexibility index (Phi) is 5.06. The standard InChI is InChI=1S/C21H23N5O2/c1-15(28-16(2)27)20-22-10-8-19(24-20)25-11-13-26(14-12-25)21-18-6-4-3-5-17(18)7-9-23-21/h3-10,15H,11-14H2,1-2H3/t15-/m1/s1. The number of pyridine rings is 1. The summed E-state index contributed by atoms with van der Waals surface area (Å²) >= 11 is 0. The van der Waals surface area contributed by atoms with Crippen molar-refractivity contribution in [2.24, 2.45) is 0 Å². The highest BCUT2D eigenvalue weighted by Gasteiger charge is 2.21. The molecule has 7 heteroatoms. The van der Waals surface area contributed by atoms with E-state index in [9.17, 15) is 4.79 Å². The average Bonchev–Trinajstić information content (AvgIpc) is 2.73. The molecule has 0 amide bonds. The Morgan fingerprint density at radius 3 is 2.50 bits per heavy atom. The number of hydrogen-bond donors (Lipinski definition) is 0. The summed E-state index contributed by atoms with van der Waals surface area (Å²) in [6.07, 6.45) is 3.13. The van der Waals surface area contributed by atoms with E-state index in [0.717, 1.165) is 37.8 Å². The predicted molar refractivity (Wildman–Crippen MR) is 108 cm³/mol. The summed E-state index contributed by atoms with van der Waals surface area (Å²) in [6, 6.07) is 12.3. The summed E-state index contributed by atoms with van der Waals surface area (Å²) in [5, 5.41) is 2.38. The Labute approximate surface area is 164 Å². The van der Waals surface area contributed by atoms with Gasteiger partial charge in [-0.3, -0.25) is 4.79 Å². The number of fused-ring (bicyclic) bond motifs is 1. The van der Waals surface area contributed by atoms with Crippen molar-refractivity contribution in [3.63, 3.8) is 0 Å². The predicted octanol–water partition coefficient (Wildman–Crippen LogP) is 2.98. The zero-order valence-corrected chi connectivity index (χ0v) is 16.1. The van der Waals surface area contributed by atoms with E-state index in [1.165, 1.54) is 17.7 Å². The maximum Gasteiger partial charge on any atom is 0.303 e. The monoisotopic (exact) mass is 377 g/mol. The van der Waals surface area contributed by atoms with Gasteiger partial charge in [-0.2, -0.15) is 0 Å². The van der Waals surface area contributed by atoms with Crippen LogP contribution in [0.2, 0.25) is 0 Å². The van der Waals surface area contributed by atoms with Gasteiger partial charge in [-0.15, -0.1) is 0 Å². The van der Waals surface area contributed by atoms with Crippen LogP contribution >= 0.6 is 0 Å². The van der Waals surface area contributed by atoms with Gasteiger partial charge in [0.25, 0.3) is 0 Å². The first-order valence-corrected chi connectivity index (χ1v) is 9.45. The second-order valence-electron chi connectivity index (χ2n) is 6.85. The molecule has 0 aliphatic carbocycles. The first-order valence-electron chi connectivity index (χ1n) is 9.45. The molecule has 1 aromatic carbocycles. The van der Waals surface area contributed by atoms with Crippen molar-refractivity contribution in [3.05, 3.63) is 54.6 Å². The van der Waals surface area contributed by atoms with Crippen molar-refractivity contribution in [3.8, 4) is 0 Å². The maximum absolute atomic E-state index is 11.2. The molecule has 2 aromatic heterocycles. The number of benzene rings is 1. The van der Waals surface area contributed by atoms with Crippen LogP contribution in [0.1, 0.15) is 25.8 Å². The van der Waals surface area contributed by atoms with E-state index < -0.39 is 6.10 Å². The third-order valence-electron chi connectivity index (χ3n) is 4.92. The normalized spacial score (nSPS) is 15.5. The molecule has 144 valence electrons. The summed E-state index contributed by atoms with van der Waals surface area (Å²) < 4.78 is 5.20. The third-order valence-corrected chi connectivity index (χ3v) is 4.92. The topological polar surface area (TPSA) is 71.5 Å². The van der Waals surface area contributed by atoms with E-state index in [4.69, 9.17) is 4.74 Å². The van der Waals surface area contributed by atoms with Gasteiger partial charge in [0.1, 0.15) is 11.6 Å². The van der Waals surface area contributed by atoms with Crippen molar-refractivity contribution in [2.45, 2.75) is 20.0 Å². The van der Waals surface area contributed by atoms with Crippen LogP contribution in [0.4, 0.5) is 11.6 Å². The molecule has 28 heavy (non-hydrogen) atoms. The molecular formula is C21H23N5O2. The van der Waals surface area contributed by atoms with Gasteiger partial charge in [-0.1, -0.05) is 24.3 Å². The van der Waals surface area contributed by atoms with Gasteiger partial charge in [0.2, 0.25) is 0 Å². The number of hydrogen-bond acceptors (Lipinski definition) is 7. The van der Waals surface area contributed by atoms with Gasteiger partial charge >= 0.3 is 5.97 Å². The minimum absolute atomic E-state index is 0.335. The molecule has 0 spiro atoms. The van der Waals surface area contributed by atoms with Crippen LogP contribution in [0, 0.1) is 0 Å². The molecular weight excluding hydrogens is 354 g/mol. The Morgan fingerprint density at radius 2 is 1.71 bits per heavy atom. The van der Waals surface area contributed by atoms with Crippen LogP contribution in [0.15, 0.2) is 48.8 Å². The minimum atomic E-state index is -0.460. The lowest BCUT2D eigenvalue weighted by Crippen LogP contribution is -2.47. The molecule has 1 saturated heterocycles. The number of esters is 1. The molecule has 0 unspecified atom stereocenters. The van der Waals surface area contributed by atoms with E-state index in [-0.39, 0.29) is 5.97 Å². The molecule has 0 radical (unpaired) electrons. The molecule has 0 N–H and O–H groups in total. The SMILES string of the molecule is CC(=O)O[C@H](C)c1nccc(N2CCN(c3nccc4ccccc34)CC2)n1. The summed E-state index contributed by atoms with van der Waals surface area (Å²) in [5.74, 6) is 2.07. The van der Waals surface area contributed by atoms with Gasteiger partial charge in [0.05, 0.1) is 0 Å². The highest BCUT2D eigenvalue weighted by molar-refractivity contribution is 5.92. The lowest BCUT2D eigenvalue weighted by atomic mass is 10.1. The second kappa shape index (κ2) is 7.80. The molecule has 1 atom stereocenters. The number of aromatic nitrogens is 3. The summed E-state index contributed by atoms with van der Waals surface area (Å²) in [6.45, 7) is 6.57. The molecule has 3 aromatic rings. The van der Waals surface area contributed by atoms with E-state index in [1.54, 1.807) is 13.1 Å². The molecule has 0 bridgehead atoms. The van der Waals surface area contributed by atoms with Crippen LogP contribution < -0.4 is 9.80 Å². The summed E-state index contributed by atoms with van der Waals surface area (Å²) in [5.41, 5.74) is 0. The fourth-order valence-electron chi connectivity index (χ4n) is 3.54. The second-order valence-corrected chi connectivity index (χ2v) is 6.85. The van der Waals surface area contributed by atoms with E-state index in [1.807, 2.05) is 24.4 Å². The number of ether oxygens (including phenoxy) is 1. The van der Waals surface area contributed by atoms with Crippen molar-refractivity contribution < 1.29 is 9.53 Å². The Balaban J connectivity index is 1.48. The summed E-state index contributed by atoms with van der Waals surface area (Å²) in [7, 11) is 0. The Morgan fingerprint density at radius 1 is 1.00 bits per heavy atom. The van der Waals surface area contributed by atoms with Crippen molar-refractivity contribution >= 4 is 28.4 Å². The molecule has 3 heterocycles. The number of anilines is 2. The lowest BCUT2D eigenvalue weighted by Gasteiger charge is -2.36. The molecule has 1 fully saturated rings. The van der Waals surface area contributed by atoms with Crippen LogP contribution in [0.5, 0.6) is 0 Å². The first kappa shape index (κ1) is 18.2. The Bertz CT molecular complexity index is 980. The third kappa shape index (κ3) is 3.74. The number of carbonyl (C=O) groups excluding carboxylic acids is 1. The molecule has 7 nitrogen and oxygen atoms in total. The fraction of sp³-hybridized carbons (Fsp3) is 0.333. The molecule has 0 saturated carbocycles. The van der Waals surface area contributed by atoms with E-state index >= 15 is 0 Å². The van der Waals surface area contributed by atoms with Crippen molar-refractivity contribution in [2.75, 3.05) is 36.0 Å². The van der Waals surface area contributed by atoms with Gasteiger partial charge in [-0.25, -0.2) is 15.0 Å². The van der Waals surface area contributed by atoms with Gasteiger partial charge in [-0.05, 0) is 24.4 Å². The highest BCUT2D eigenvalue weighted by atomic mass is 16.5. The first-order chi connectivity index (χ1) is 13.6. The van der Waals surface area contributed by atoms with E-state index in [2.05, 4.69) is 43.0 Å². The maximum atomic E-state index is 11.2. The number of piperazine rings is 1. The van der Waals surface area contributed by atoms with Crippen LogP contribution in [-0.2, 0) is 9.53 Å². The quantitative estimate of drug-likeness (QED) is 0.647. The average molecular weight is 377 g/mol. The largest absolute Gasteiger partial charge is 0.455 e. The smallest absolute Gasteiger partial charge is 0.303 e. The van der Waals surface area contributed by atoms with Crippen LogP contribution in [-0.4, -0.2) is 47.1 Å². The number of carbonyl (C=O) groups is 1. The lowest BCUT2D eigenvalue weighted by molar-refractivity contribution is -0.146. The van der Waals surface area contributed by atoms with Gasteiger partial charge in [0, 0.05) is 50.9 Å². The molecule has 1 aliphatic heterocycles. The van der Waals surface area contributed by atoms with Gasteiger partial charge < -0.3 is 14.5 Å². The minimum Gasteiger partial charge on any atom is -0.455 e. The van der Waals surface area contributed by atoms with Gasteiger partial charge in [0.15, 0.2) is 11.9 Å². The van der Waals surface area contributed by atoms with E-state index in [0.29, 0.717) is 5.82 Å². The highest BCUT2D eigenvalue weighted by Crippen LogP contribution is 2.26. The molecule has 4 rings (SSSR count). The van der Waals surface area contributed by atoms with Crippen molar-refractivity contribution in [1.82, 2.24) is 15.0 Å². The van der Waals surface area contributed by atoms with Crippen molar-refractivity contribution in [1.29, 1.82) is 0 Å². The number of rotatable bonds is 4. The fourth-order valence-corrected chi connectivity index (χ4v) is 3.54. The zero-order chi connectivity index (χ0) is 19.5. The number of nitrogens with zero attached hydrogens (tertiary/aromatic N) is 5. The summed E-state index contributed by atoms with van der Waals surface area (Å²) in [4.78, 5) is 29.2.